The van der Waals surface area contributed by atoms with E-state index in [0.29, 0.717) is 24.1 Å². The maximum atomic E-state index is 14.9. The topological polar surface area (TPSA) is 29.3 Å². The first kappa shape index (κ1) is 16.1. The molecule has 2 aromatic rings. The zero-order chi connectivity index (χ0) is 16.6. The molecule has 0 saturated carbocycles. The van der Waals surface area contributed by atoms with Crippen molar-refractivity contribution in [3.05, 3.63) is 59.4 Å². The van der Waals surface area contributed by atoms with E-state index in [1.54, 1.807) is 12.1 Å². The number of nitrogens with zero attached hydrogens (tertiary/aromatic N) is 1. The average Bonchev–Trinajstić information content (AvgIpc) is 2.75. The molecule has 122 valence electrons. The van der Waals surface area contributed by atoms with Crippen molar-refractivity contribution in [1.82, 2.24) is 4.90 Å². The number of nitrogens with two attached hydrogens (primary N) is 1. The Kier molecular flexibility index (Phi) is 4.46. The van der Waals surface area contributed by atoms with E-state index in [4.69, 9.17) is 5.73 Å². The second-order valence-corrected chi connectivity index (χ2v) is 6.45. The SMILES string of the molecule is Cc1cccc(-c2cccc(CC3C(N)C(F)CN3C)c2F)c1. The zero-order valence-corrected chi connectivity index (χ0v) is 13.5. The van der Waals surface area contributed by atoms with Crippen LogP contribution in [-0.4, -0.2) is 36.7 Å². The highest BCUT2D eigenvalue weighted by molar-refractivity contribution is 5.65. The first-order chi connectivity index (χ1) is 11.0. The van der Waals surface area contributed by atoms with E-state index in [-0.39, 0.29) is 11.9 Å². The lowest BCUT2D eigenvalue weighted by Crippen LogP contribution is -2.41. The van der Waals surface area contributed by atoms with Crippen molar-refractivity contribution >= 4 is 0 Å². The second kappa shape index (κ2) is 6.38. The number of benzene rings is 2. The molecular formula is C19H22F2N2. The van der Waals surface area contributed by atoms with Gasteiger partial charge in [-0.1, -0.05) is 48.0 Å². The van der Waals surface area contributed by atoms with E-state index in [2.05, 4.69) is 0 Å². The molecule has 1 saturated heterocycles. The molecule has 3 unspecified atom stereocenters. The number of halogens is 2. The molecule has 1 heterocycles. The van der Waals surface area contributed by atoms with Crippen LogP contribution < -0.4 is 5.73 Å². The monoisotopic (exact) mass is 316 g/mol. The number of rotatable bonds is 3. The Hall–Kier alpha value is -1.78. The van der Waals surface area contributed by atoms with Gasteiger partial charge >= 0.3 is 0 Å². The third-order valence-corrected chi connectivity index (χ3v) is 4.73. The van der Waals surface area contributed by atoms with Crippen LogP contribution in [0.25, 0.3) is 11.1 Å². The maximum absolute atomic E-state index is 14.9. The molecule has 0 bridgehead atoms. The molecular weight excluding hydrogens is 294 g/mol. The number of likely N-dealkylation sites (N-methyl/N-ethyl adjacent to an activating group) is 1. The molecule has 2 nitrogen and oxygen atoms in total. The van der Waals surface area contributed by atoms with E-state index in [9.17, 15) is 8.78 Å². The van der Waals surface area contributed by atoms with Crippen molar-refractivity contribution in [2.45, 2.75) is 31.6 Å². The lowest BCUT2D eigenvalue weighted by Gasteiger charge is -2.23. The van der Waals surface area contributed by atoms with Gasteiger partial charge in [0.25, 0.3) is 0 Å². The fourth-order valence-electron chi connectivity index (χ4n) is 3.36. The third-order valence-electron chi connectivity index (χ3n) is 4.73. The van der Waals surface area contributed by atoms with E-state index < -0.39 is 12.2 Å². The standard InChI is InChI=1S/C19H22F2N2/c1-12-5-3-6-13(9-12)15-8-4-7-14(18(15)21)10-17-19(22)16(20)11-23(17)2/h3-9,16-17,19H,10-11,22H2,1-2H3. The van der Waals surface area contributed by atoms with Crippen molar-refractivity contribution < 1.29 is 8.78 Å². The fraction of sp³-hybridized carbons (Fsp3) is 0.368. The Morgan fingerprint density at radius 2 is 1.96 bits per heavy atom. The molecule has 1 aliphatic rings. The summed E-state index contributed by atoms with van der Waals surface area (Å²) in [5.74, 6) is -0.235. The molecule has 1 fully saturated rings. The van der Waals surface area contributed by atoms with Crippen LogP contribution in [0, 0.1) is 12.7 Å². The molecule has 23 heavy (non-hydrogen) atoms. The van der Waals surface area contributed by atoms with Gasteiger partial charge in [-0.2, -0.15) is 0 Å². The summed E-state index contributed by atoms with van der Waals surface area (Å²) in [7, 11) is 1.84. The molecule has 0 amide bonds. The van der Waals surface area contributed by atoms with E-state index in [1.807, 2.05) is 49.2 Å². The van der Waals surface area contributed by atoms with Crippen molar-refractivity contribution in [3.8, 4) is 11.1 Å². The summed E-state index contributed by atoms with van der Waals surface area (Å²) >= 11 is 0. The van der Waals surface area contributed by atoms with Crippen LogP contribution in [0.2, 0.25) is 0 Å². The number of hydrogen-bond acceptors (Lipinski definition) is 2. The highest BCUT2D eigenvalue weighted by Gasteiger charge is 2.38. The van der Waals surface area contributed by atoms with Crippen LogP contribution in [-0.2, 0) is 6.42 Å². The number of hydrogen-bond donors (Lipinski definition) is 1. The highest BCUT2D eigenvalue weighted by atomic mass is 19.1. The number of alkyl halides is 1. The Labute approximate surface area is 135 Å². The smallest absolute Gasteiger partial charge is 0.134 e. The minimum atomic E-state index is -1.05. The minimum absolute atomic E-state index is 0.174. The lowest BCUT2D eigenvalue weighted by atomic mass is 9.95. The van der Waals surface area contributed by atoms with E-state index >= 15 is 0 Å². The molecule has 0 spiro atoms. The molecule has 2 N–H and O–H groups in total. The van der Waals surface area contributed by atoms with Gasteiger partial charge in [-0.15, -0.1) is 0 Å². The summed E-state index contributed by atoms with van der Waals surface area (Å²) in [5, 5.41) is 0. The first-order valence-electron chi connectivity index (χ1n) is 7.91. The van der Waals surface area contributed by atoms with Crippen molar-refractivity contribution in [1.29, 1.82) is 0 Å². The normalized spacial score (nSPS) is 25.0. The summed E-state index contributed by atoms with van der Waals surface area (Å²) in [5.41, 5.74) is 9.06. The fourth-order valence-corrected chi connectivity index (χ4v) is 3.36. The number of likely N-dealkylation sites (tertiary alicyclic amines) is 1. The predicted molar refractivity (Wildman–Crippen MR) is 89.6 cm³/mol. The Morgan fingerprint density at radius 1 is 1.22 bits per heavy atom. The molecule has 2 aromatic carbocycles. The van der Waals surface area contributed by atoms with Gasteiger partial charge in [0.15, 0.2) is 0 Å². The molecule has 3 atom stereocenters. The highest BCUT2D eigenvalue weighted by Crippen LogP contribution is 2.28. The van der Waals surface area contributed by atoms with Crippen LogP contribution in [0.15, 0.2) is 42.5 Å². The summed E-state index contributed by atoms with van der Waals surface area (Å²) in [6.07, 6.45) is -0.628. The second-order valence-electron chi connectivity index (χ2n) is 6.45. The molecule has 0 radical (unpaired) electrons. The zero-order valence-electron chi connectivity index (χ0n) is 13.5. The summed E-state index contributed by atoms with van der Waals surface area (Å²) in [6.45, 7) is 2.30. The summed E-state index contributed by atoms with van der Waals surface area (Å²) in [6, 6.07) is 12.4. The van der Waals surface area contributed by atoms with Crippen molar-refractivity contribution in [2.24, 2.45) is 5.73 Å². The van der Waals surface area contributed by atoms with Crippen LogP contribution >= 0.6 is 0 Å². The van der Waals surface area contributed by atoms with Crippen molar-refractivity contribution in [2.75, 3.05) is 13.6 Å². The predicted octanol–water partition coefficient (Wildman–Crippen LogP) is 3.32. The first-order valence-corrected chi connectivity index (χ1v) is 7.91. The molecule has 1 aliphatic heterocycles. The third kappa shape index (κ3) is 3.14. The van der Waals surface area contributed by atoms with Gasteiger partial charge < -0.3 is 5.73 Å². The van der Waals surface area contributed by atoms with Crippen molar-refractivity contribution in [3.63, 3.8) is 0 Å². The van der Waals surface area contributed by atoms with Gasteiger partial charge in [-0.05, 0) is 31.5 Å². The summed E-state index contributed by atoms with van der Waals surface area (Å²) < 4.78 is 28.7. The average molecular weight is 316 g/mol. The van der Waals surface area contributed by atoms with Crippen LogP contribution in [0.3, 0.4) is 0 Å². The van der Waals surface area contributed by atoms with Gasteiger partial charge in [0.05, 0.1) is 6.04 Å². The minimum Gasteiger partial charge on any atom is -0.324 e. The van der Waals surface area contributed by atoms with E-state index in [0.717, 1.165) is 11.1 Å². The number of aryl methyl sites for hydroxylation is 1. The lowest BCUT2D eigenvalue weighted by molar-refractivity contribution is 0.290. The van der Waals surface area contributed by atoms with Crippen LogP contribution in [0.4, 0.5) is 8.78 Å². The summed E-state index contributed by atoms with van der Waals surface area (Å²) in [4.78, 5) is 1.88. The van der Waals surface area contributed by atoms with Crippen LogP contribution in [0.1, 0.15) is 11.1 Å². The molecule has 0 aromatic heterocycles. The Balaban J connectivity index is 1.91. The van der Waals surface area contributed by atoms with Gasteiger partial charge in [0.1, 0.15) is 12.0 Å². The van der Waals surface area contributed by atoms with Gasteiger partial charge in [-0.25, -0.2) is 8.78 Å². The van der Waals surface area contributed by atoms with E-state index in [1.165, 1.54) is 0 Å². The molecule has 4 heteroatoms. The maximum Gasteiger partial charge on any atom is 0.134 e. The van der Waals surface area contributed by atoms with Gasteiger partial charge in [0.2, 0.25) is 0 Å². The molecule has 3 rings (SSSR count). The van der Waals surface area contributed by atoms with Crippen LogP contribution in [0.5, 0.6) is 0 Å². The Bertz CT molecular complexity index is 702. The Morgan fingerprint density at radius 3 is 2.61 bits per heavy atom. The van der Waals surface area contributed by atoms with Gasteiger partial charge in [0, 0.05) is 18.2 Å². The quantitative estimate of drug-likeness (QED) is 0.941. The van der Waals surface area contributed by atoms with Gasteiger partial charge in [-0.3, -0.25) is 4.90 Å². The largest absolute Gasteiger partial charge is 0.324 e. The molecule has 0 aliphatic carbocycles.